The van der Waals surface area contributed by atoms with E-state index in [4.69, 9.17) is 4.74 Å². The van der Waals surface area contributed by atoms with Crippen molar-refractivity contribution >= 4 is 11.9 Å². The summed E-state index contributed by atoms with van der Waals surface area (Å²) in [7, 11) is 0. The average molecular weight is 351 g/mol. The summed E-state index contributed by atoms with van der Waals surface area (Å²) in [6, 6.07) is 20.6. The van der Waals surface area contributed by atoms with Gasteiger partial charge in [-0.25, -0.2) is 0 Å². The molecule has 1 aliphatic rings. The van der Waals surface area contributed by atoms with E-state index in [0.717, 1.165) is 12.8 Å². The minimum absolute atomic E-state index is 0.0108. The molecule has 1 N–H and O–H groups in total. The van der Waals surface area contributed by atoms with Gasteiger partial charge in [0.05, 0.1) is 5.92 Å². The summed E-state index contributed by atoms with van der Waals surface area (Å²) >= 11 is 0. The summed E-state index contributed by atoms with van der Waals surface area (Å²) in [5, 5.41) is 2.86. The molecule has 1 fully saturated rings. The highest BCUT2D eigenvalue weighted by Crippen LogP contribution is 2.38. The Hall–Kier alpha value is -2.62. The molecule has 136 valence electrons. The molecule has 26 heavy (non-hydrogen) atoms. The van der Waals surface area contributed by atoms with Gasteiger partial charge in [-0.15, -0.1) is 0 Å². The van der Waals surface area contributed by atoms with Gasteiger partial charge in [0.15, 0.2) is 6.61 Å². The summed E-state index contributed by atoms with van der Waals surface area (Å²) in [6.07, 6.45) is 1.66. The number of ether oxygens (including phenoxy) is 1. The molecular weight excluding hydrogens is 326 g/mol. The predicted molar refractivity (Wildman–Crippen MR) is 101 cm³/mol. The highest BCUT2D eigenvalue weighted by atomic mass is 16.5. The molecule has 0 bridgehead atoms. The Bertz CT molecular complexity index is 690. The molecule has 4 nitrogen and oxygen atoms in total. The lowest BCUT2D eigenvalue weighted by molar-refractivity contribution is -0.150. The molecule has 1 saturated carbocycles. The van der Waals surface area contributed by atoms with Gasteiger partial charge in [0.1, 0.15) is 0 Å². The van der Waals surface area contributed by atoms with Gasteiger partial charge in [-0.1, -0.05) is 67.6 Å². The normalized spacial score (nSPS) is 18.4. The van der Waals surface area contributed by atoms with E-state index in [2.05, 4.69) is 29.6 Å². The SMILES string of the molecule is C[C@@H]1C[C@H]1C(=O)OCC(=O)NCCC(c1ccccc1)c1ccccc1. The van der Waals surface area contributed by atoms with Crippen molar-refractivity contribution in [2.24, 2.45) is 11.8 Å². The monoisotopic (exact) mass is 351 g/mol. The molecule has 0 saturated heterocycles. The van der Waals surface area contributed by atoms with Crippen molar-refractivity contribution in [2.75, 3.05) is 13.2 Å². The van der Waals surface area contributed by atoms with Crippen LogP contribution in [0.4, 0.5) is 0 Å². The first-order chi connectivity index (χ1) is 12.6. The molecule has 4 heteroatoms. The molecule has 0 radical (unpaired) electrons. The summed E-state index contributed by atoms with van der Waals surface area (Å²) in [4.78, 5) is 23.6. The molecular formula is C22H25NO3. The van der Waals surface area contributed by atoms with Gasteiger partial charge < -0.3 is 10.1 Å². The van der Waals surface area contributed by atoms with Gasteiger partial charge in [0.2, 0.25) is 0 Å². The van der Waals surface area contributed by atoms with Crippen molar-refractivity contribution < 1.29 is 14.3 Å². The fourth-order valence-electron chi connectivity index (χ4n) is 3.20. The summed E-state index contributed by atoms with van der Waals surface area (Å²) < 4.78 is 5.07. The zero-order valence-electron chi connectivity index (χ0n) is 15.1. The fourth-order valence-corrected chi connectivity index (χ4v) is 3.20. The van der Waals surface area contributed by atoms with Crippen LogP contribution >= 0.6 is 0 Å². The highest BCUT2D eigenvalue weighted by Gasteiger charge is 2.40. The lowest BCUT2D eigenvalue weighted by Crippen LogP contribution is -2.30. The number of esters is 1. The molecule has 3 rings (SSSR count). The molecule has 0 spiro atoms. The third-order valence-electron chi connectivity index (χ3n) is 4.92. The van der Waals surface area contributed by atoms with E-state index in [1.54, 1.807) is 0 Å². The Morgan fingerprint density at radius 2 is 1.58 bits per heavy atom. The Morgan fingerprint density at radius 1 is 1.04 bits per heavy atom. The number of hydrogen-bond acceptors (Lipinski definition) is 3. The maximum atomic E-state index is 11.9. The Balaban J connectivity index is 1.50. The number of rotatable bonds is 8. The predicted octanol–water partition coefficient (Wildman–Crippen LogP) is 3.52. The maximum Gasteiger partial charge on any atom is 0.309 e. The number of carbonyl (C=O) groups excluding carboxylic acids is 2. The van der Waals surface area contributed by atoms with Crippen LogP contribution in [0.25, 0.3) is 0 Å². The smallest absolute Gasteiger partial charge is 0.309 e. The second kappa shape index (κ2) is 8.65. The van der Waals surface area contributed by atoms with E-state index >= 15 is 0 Å². The second-order valence-corrected chi connectivity index (χ2v) is 6.94. The van der Waals surface area contributed by atoms with Gasteiger partial charge in [-0.3, -0.25) is 9.59 Å². The minimum atomic E-state index is -0.251. The van der Waals surface area contributed by atoms with E-state index in [0.29, 0.717) is 12.5 Å². The first kappa shape index (κ1) is 18.2. The first-order valence-electron chi connectivity index (χ1n) is 9.18. The topological polar surface area (TPSA) is 55.4 Å². The van der Waals surface area contributed by atoms with Crippen LogP contribution < -0.4 is 5.32 Å². The van der Waals surface area contributed by atoms with Gasteiger partial charge in [-0.2, -0.15) is 0 Å². The molecule has 2 atom stereocenters. The van der Waals surface area contributed by atoms with Crippen LogP contribution in [0.2, 0.25) is 0 Å². The number of nitrogens with one attached hydrogen (secondary N) is 1. The van der Waals surface area contributed by atoms with Crippen molar-refractivity contribution in [3.63, 3.8) is 0 Å². The largest absolute Gasteiger partial charge is 0.455 e. The number of benzene rings is 2. The zero-order valence-corrected chi connectivity index (χ0v) is 15.1. The quantitative estimate of drug-likeness (QED) is 0.740. The number of amides is 1. The van der Waals surface area contributed by atoms with Gasteiger partial charge in [0, 0.05) is 12.5 Å². The second-order valence-electron chi connectivity index (χ2n) is 6.94. The van der Waals surface area contributed by atoms with E-state index in [-0.39, 0.29) is 30.3 Å². The summed E-state index contributed by atoms with van der Waals surface area (Å²) in [6.45, 7) is 2.35. The lowest BCUT2D eigenvalue weighted by Gasteiger charge is -2.18. The molecule has 0 heterocycles. The number of carbonyl (C=O) groups is 2. The molecule has 1 aliphatic carbocycles. The van der Waals surface area contributed by atoms with Crippen LogP contribution in [-0.4, -0.2) is 25.0 Å². The molecule has 0 aromatic heterocycles. The number of hydrogen-bond donors (Lipinski definition) is 1. The maximum absolute atomic E-state index is 11.9. The third kappa shape index (κ3) is 4.94. The van der Waals surface area contributed by atoms with Crippen molar-refractivity contribution in [3.05, 3.63) is 71.8 Å². The zero-order chi connectivity index (χ0) is 18.4. The Kier molecular flexibility index (Phi) is 6.05. The van der Waals surface area contributed by atoms with Crippen LogP contribution in [0.1, 0.15) is 36.8 Å². The van der Waals surface area contributed by atoms with Crippen LogP contribution in [-0.2, 0) is 14.3 Å². The summed E-state index contributed by atoms with van der Waals surface area (Å²) in [5.41, 5.74) is 2.45. The molecule has 1 amide bonds. The Morgan fingerprint density at radius 3 is 2.08 bits per heavy atom. The van der Waals surface area contributed by atoms with E-state index < -0.39 is 0 Å². The van der Waals surface area contributed by atoms with E-state index in [9.17, 15) is 9.59 Å². The van der Waals surface area contributed by atoms with Crippen molar-refractivity contribution in [1.29, 1.82) is 0 Å². The van der Waals surface area contributed by atoms with Crippen molar-refractivity contribution in [1.82, 2.24) is 5.32 Å². The molecule has 0 aliphatic heterocycles. The molecule has 0 unspecified atom stereocenters. The first-order valence-corrected chi connectivity index (χ1v) is 9.18. The van der Waals surface area contributed by atoms with Crippen LogP contribution in [0.3, 0.4) is 0 Å². The minimum Gasteiger partial charge on any atom is -0.455 e. The third-order valence-corrected chi connectivity index (χ3v) is 4.92. The van der Waals surface area contributed by atoms with Gasteiger partial charge in [-0.05, 0) is 29.9 Å². The standard InChI is InChI=1S/C22H25NO3/c1-16-14-20(16)22(25)26-15-21(24)23-13-12-19(17-8-4-2-5-9-17)18-10-6-3-7-11-18/h2-11,16,19-20H,12-15H2,1H3,(H,23,24)/t16-,20-/m1/s1. The lowest BCUT2D eigenvalue weighted by atomic mass is 9.88. The Labute approximate surface area is 154 Å². The van der Waals surface area contributed by atoms with Crippen molar-refractivity contribution in [3.8, 4) is 0 Å². The van der Waals surface area contributed by atoms with Crippen molar-refractivity contribution in [2.45, 2.75) is 25.7 Å². The molecule has 2 aromatic carbocycles. The van der Waals surface area contributed by atoms with E-state index in [1.807, 2.05) is 43.3 Å². The van der Waals surface area contributed by atoms with Gasteiger partial charge >= 0.3 is 5.97 Å². The highest BCUT2D eigenvalue weighted by molar-refractivity contribution is 5.82. The fraction of sp³-hybridized carbons (Fsp3) is 0.364. The van der Waals surface area contributed by atoms with Gasteiger partial charge in [0.25, 0.3) is 5.91 Å². The van der Waals surface area contributed by atoms with E-state index in [1.165, 1.54) is 11.1 Å². The van der Waals surface area contributed by atoms with Crippen LogP contribution in [0.15, 0.2) is 60.7 Å². The van der Waals surface area contributed by atoms with Crippen LogP contribution in [0.5, 0.6) is 0 Å². The average Bonchev–Trinajstić information content (AvgIpc) is 3.41. The summed E-state index contributed by atoms with van der Waals surface area (Å²) in [5.74, 6) is 0.101. The molecule has 2 aromatic rings. The van der Waals surface area contributed by atoms with Crippen LogP contribution in [0, 0.1) is 11.8 Å².